The summed E-state index contributed by atoms with van der Waals surface area (Å²) in [5.74, 6) is 0.799. The molecule has 10 rings (SSSR count). The molecule has 0 fully saturated rings. The molecule has 1 aliphatic heterocycles. The minimum atomic E-state index is -0.202. The number of nitrogens with one attached hydrogen (secondary N) is 1. The minimum absolute atomic E-state index is 0.202. The van der Waals surface area contributed by atoms with Crippen LogP contribution in [0.4, 0.5) is 0 Å². The molecule has 0 saturated carbocycles. The topological polar surface area (TPSA) is 66.0 Å². The van der Waals surface area contributed by atoms with Gasteiger partial charge in [-0.15, -0.1) is 0 Å². The fourth-order valence-electron chi connectivity index (χ4n) is 7.81. The SMILES string of the molecule is N#Cc1cccc(C2=CC(c3ccc(-c4ccc(-c5nc6ccccc6c6c7ccccc7n(-c7ccccc7)c56)cc4)cc3)N=C(c3ccccc3)N2)c1. The molecule has 0 radical (unpaired) electrons. The molecular weight excluding hydrogens is 671 g/mol. The van der Waals surface area contributed by atoms with Gasteiger partial charge in [0.1, 0.15) is 5.84 Å². The largest absolute Gasteiger partial charge is 0.340 e. The molecule has 5 heteroatoms. The zero-order chi connectivity index (χ0) is 36.7. The summed E-state index contributed by atoms with van der Waals surface area (Å²) in [6.45, 7) is 0. The van der Waals surface area contributed by atoms with Crippen molar-refractivity contribution in [2.75, 3.05) is 0 Å². The van der Waals surface area contributed by atoms with E-state index in [1.165, 1.54) is 10.8 Å². The van der Waals surface area contributed by atoms with Crippen molar-refractivity contribution < 1.29 is 0 Å². The summed E-state index contributed by atoms with van der Waals surface area (Å²) in [6, 6.07) is 65.0. The highest BCUT2D eigenvalue weighted by Crippen LogP contribution is 2.41. The van der Waals surface area contributed by atoms with Crippen LogP contribution in [-0.4, -0.2) is 15.4 Å². The summed E-state index contributed by atoms with van der Waals surface area (Å²) in [7, 11) is 0. The summed E-state index contributed by atoms with van der Waals surface area (Å²) < 4.78 is 2.36. The van der Waals surface area contributed by atoms with Gasteiger partial charge in [-0.25, -0.2) is 4.98 Å². The Morgan fingerprint density at radius 1 is 0.564 bits per heavy atom. The quantitative estimate of drug-likeness (QED) is 0.187. The number of pyridine rings is 1. The molecule has 0 spiro atoms. The maximum absolute atomic E-state index is 9.56. The molecule has 3 heterocycles. The lowest BCUT2D eigenvalue weighted by molar-refractivity contribution is 0.880. The summed E-state index contributed by atoms with van der Waals surface area (Å²) in [5, 5.41) is 16.7. The van der Waals surface area contributed by atoms with Crippen molar-refractivity contribution in [2.24, 2.45) is 4.99 Å². The summed E-state index contributed by atoms with van der Waals surface area (Å²) >= 11 is 0. The van der Waals surface area contributed by atoms with E-state index in [1.54, 1.807) is 0 Å². The van der Waals surface area contributed by atoms with Crippen LogP contribution in [0.15, 0.2) is 193 Å². The number of benzene rings is 7. The van der Waals surface area contributed by atoms with Gasteiger partial charge < -0.3 is 9.88 Å². The Hall–Kier alpha value is -7.55. The molecule has 0 bridgehead atoms. The minimum Gasteiger partial charge on any atom is -0.340 e. The highest BCUT2D eigenvalue weighted by atomic mass is 15.0. The first-order chi connectivity index (χ1) is 27.2. The van der Waals surface area contributed by atoms with Crippen LogP contribution in [0.25, 0.3) is 66.5 Å². The number of hydrogen-bond donors (Lipinski definition) is 1. The number of para-hydroxylation sites is 3. The third-order valence-electron chi connectivity index (χ3n) is 10.5. The maximum atomic E-state index is 9.56. The average Bonchev–Trinajstić information content (AvgIpc) is 3.62. The third kappa shape index (κ3) is 5.74. The molecule has 1 N–H and O–H groups in total. The van der Waals surface area contributed by atoms with Gasteiger partial charge in [-0.2, -0.15) is 5.26 Å². The van der Waals surface area contributed by atoms with Crippen molar-refractivity contribution >= 4 is 44.2 Å². The lowest BCUT2D eigenvalue weighted by Gasteiger charge is -2.23. The van der Waals surface area contributed by atoms with E-state index in [2.05, 4.69) is 162 Å². The van der Waals surface area contributed by atoms with E-state index in [0.29, 0.717) is 5.56 Å². The number of nitrogens with zero attached hydrogens (tertiary/aromatic N) is 4. The van der Waals surface area contributed by atoms with Crippen molar-refractivity contribution in [3.8, 4) is 34.1 Å². The number of rotatable bonds is 6. The predicted octanol–water partition coefficient (Wildman–Crippen LogP) is 11.7. The fraction of sp³-hybridized carbons (Fsp3) is 0.0200. The molecule has 1 atom stereocenters. The fourth-order valence-corrected chi connectivity index (χ4v) is 7.81. The predicted molar refractivity (Wildman–Crippen MR) is 225 cm³/mol. The molecule has 9 aromatic rings. The molecular formula is C50H33N5. The first kappa shape index (κ1) is 32.1. The van der Waals surface area contributed by atoms with E-state index in [4.69, 9.17) is 9.98 Å². The molecule has 1 unspecified atom stereocenters. The first-order valence-electron chi connectivity index (χ1n) is 18.4. The zero-order valence-corrected chi connectivity index (χ0v) is 29.8. The van der Waals surface area contributed by atoms with E-state index in [0.717, 1.165) is 78.2 Å². The van der Waals surface area contributed by atoms with Crippen LogP contribution in [0.3, 0.4) is 0 Å². The van der Waals surface area contributed by atoms with Gasteiger partial charge in [-0.05, 0) is 64.7 Å². The Morgan fingerprint density at radius 2 is 1.20 bits per heavy atom. The second-order valence-electron chi connectivity index (χ2n) is 13.8. The number of nitriles is 1. The average molecular weight is 704 g/mol. The van der Waals surface area contributed by atoms with E-state index in [1.807, 2.05) is 42.5 Å². The number of amidine groups is 1. The Bertz CT molecular complexity index is 2990. The molecule has 5 nitrogen and oxygen atoms in total. The monoisotopic (exact) mass is 703 g/mol. The zero-order valence-electron chi connectivity index (χ0n) is 29.8. The molecule has 1 aliphatic rings. The van der Waals surface area contributed by atoms with Crippen LogP contribution in [-0.2, 0) is 0 Å². The molecule has 0 aliphatic carbocycles. The number of fused-ring (bicyclic) bond motifs is 5. The Kier molecular flexibility index (Phi) is 7.86. The summed E-state index contributed by atoms with van der Waals surface area (Å²) in [6.07, 6.45) is 2.14. The van der Waals surface area contributed by atoms with E-state index in [-0.39, 0.29) is 6.04 Å². The van der Waals surface area contributed by atoms with Crippen LogP contribution >= 0.6 is 0 Å². The number of hydrogen-bond acceptors (Lipinski definition) is 4. The number of aromatic nitrogens is 2. The normalized spacial score (nSPS) is 14.0. The summed E-state index contributed by atoms with van der Waals surface area (Å²) in [5.41, 5.74) is 13.2. The highest BCUT2D eigenvalue weighted by molar-refractivity contribution is 6.23. The summed E-state index contributed by atoms with van der Waals surface area (Å²) in [4.78, 5) is 10.5. The number of aliphatic imine (C=N–C) groups is 1. The molecule has 0 saturated heterocycles. The Balaban J connectivity index is 1.03. The molecule has 55 heavy (non-hydrogen) atoms. The van der Waals surface area contributed by atoms with E-state index < -0.39 is 0 Å². The molecule has 2 aromatic heterocycles. The van der Waals surface area contributed by atoms with Crippen molar-refractivity contribution in [2.45, 2.75) is 6.04 Å². The van der Waals surface area contributed by atoms with Gasteiger partial charge in [0.25, 0.3) is 0 Å². The maximum Gasteiger partial charge on any atom is 0.133 e. The van der Waals surface area contributed by atoms with Gasteiger partial charge >= 0.3 is 0 Å². The smallest absolute Gasteiger partial charge is 0.133 e. The van der Waals surface area contributed by atoms with Crippen LogP contribution in [0.1, 0.15) is 28.3 Å². The van der Waals surface area contributed by atoms with Gasteiger partial charge in [-0.1, -0.05) is 146 Å². The molecule has 258 valence electrons. The van der Waals surface area contributed by atoms with Crippen molar-refractivity contribution in [3.05, 3.63) is 210 Å². The van der Waals surface area contributed by atoms with Crippen LogP contribution < -0.4 is 5.32 Å². The highest BCUT2D eigenvalue weighted by Gasteiger charge is 2.22. The second kappa shape index (κ2) is 13.5. The Labute approximate surface area is 318 Å². The first-order valence-corrected chi connectivity index (χ1v) is 18.4. The molecule has 7 aromatic carbocycles. The standard InChI is InChI=1S/C50H33N5/c51-32-33-12-11-15-39(30-33)45-31-44(53-50(54-45)38-13-3-1-4-14-38)36-26-22-34(23-27-36)35-24-28-37(29-25-35)48-49-47(41-18-7-9-20-43(41)52-48)42-19-8-10-21-46(42)55(49)40-16-5-2-6-17-40/h1-31,44H,(H,53,54). The van der Waals surface area contributed by atoms with Crippen LogP contribution in [0, 0.1) is 11.3 Å². The Morgan fingerprint density at radius 3 is 1.96 bits per heavy atom. The lowest BCUT2D eigenvalue weighted by atomic mass is 9.96. The second-order valence-corrected chi connectivity index (χ2v) is 13.8. The van der Waals surface area contributed by atoms with Crippen LogP contribution in [0.2, 0.25) is 0 Å². The van der Waals surface area contributed by atoms with Crippen LogP contribution in [0.5, 0.6) is 0 Å². The third-order valence-corrected chi connectivity index (χ3v) is 10.5. The van der Waals surface area contributed by atoms with Gasteiger partial charge in [0, 0.05) is 38.7 Å². The van der Waals surface area contributed by atoms with E-state index >= 15 is 0 Å². The van der Waals surface area contributed by atoms with Gasteiger partial charge in [0.2, 0.25) is 0 Å². The van der Waals surface area contributed by atoms with Crippen molar-refractivity contribution in [1.82, 2.24) is 14.9 Å². The lowest BCUT2D eigenvalue weighted by Crippen LogP contribution is -2.27. The van der Waals surface area contributed by atoms with Gasteiger partial charge in [0.15, 0.2) is 0 Å². The van der Waals surface area contributed by atoms with Gasteiger partial charge in [0.05, 0.1) is 39.9 Å². The van der Waals surface area contributed by atoms with Crippen molar-refractivity contribution in [3.63, 3.8) is 0 Å². The van der Waals surface area contributed by atoms with E-state index in [9.17, 15) is 5.26 Å². The van der Waals surface area contributed by atoms with Gasteiger partial charge in [-0.3, -0.25) is 4.99 Å². The van der Waals surface area contributed by atoms with Crippen molar-refractivity contribution in [1.29, 1.82) is 5.26 Å². The molecule has 0 amide bonds.